The highest BCUT2D eigenvalue weighted by Crippen LogP contribution is 2.21. The fourth-order valence-corrected chi connectivity index (χ4v) is 1.52. The van der Waals surface area contributed by atoms with Crippen LogP contribution in [0.25, 0.3) is 0 Å². The summed E-state index contributed by atoms with van der Waals surface area (Å²) in [5, 5.41) is 11.8. The van der Waals surface area contributed by atoms with Crippen molar-refractivity contribution >= 4 is 5.97 Å². The zero-order chi connectivity index (χ0) is 11.4. The van der Waals surface area contributed by atoms with Crippen LogP contribution in [0.5, 0.6) is 0 Å². The molecule has 0 heterocycles. The zero-order valence-corrected chi connectivity index (χ0v) is 8.70. The van der Waals surface area contributed by atoms with Crippen molar-refractivity contribution in [2.75, 3.05) is 7.05 Å². The minimum Gasteiger partial charge on any atom is -0.481 e. The number of halogens is 1. The molecule has 3 nitrogen and oxygen atoms in total. The van der Waals surface area contributed by atoms with Crippen molar-refractivity contribution in [3.63, 3.8) is 0 Å². The second kappa shape index (κ2) is 4.89. The molecule has 0 spiro atoms. The molecular formula is C11H14FNO2. The van der Waals surface area contributed by atoms with Crippen molar-refractivity contribution in [2.45, 2.75) is 13.0 Å². The van der Waals surface area contributed by atoms with Gasteiger partial charge in [-0.05, 0) is 24.7 Å². The number of nitrogens with one attached hydrogen (secondary N) is 1. The molecule has 0 radical (unpaired) electrons. The molecule has 1 aromatic rings. The molecule has 0 amide bonds. The van der Waals surface area contributed by atoms with E-state index in [0.717, 1.165) is 5.56 Å². The van der Waals surface area contributed by atoms with Crippen LogP contribution in [0.2, 0.25) is 0 Å². The molecule has 2 unspecified atom stereocenters. The second-order valence-corrected chi connectivity index (χ2v) is 3.44. The summed E-state index contributed by atoms with van der Waals surface area (Å²) in [6, 6.07) is 5.54. The van der Waals surface area contributed by atoms with E-state index in [2.05, 4.69) is 5.32 Å². The first kappa shape index (κ1) is 11.7. The molecule has 0 bridgehead atoms. The van der Waals surface area contributed by atoms with E-state index in [1.165, 1.54) is 12.1 Å². The Labute approximate surface area is 87.9 Å². The third-order valence-corrected chi connectivity index (χ3v) is 2.43. The molecule has 0 aliphatic rings. The first-order valence-corrected chi connectivity index (χ1v) is 4.71. The number of aliphatic carboxylic acids is 1. The van der Waals surface area contributed by atoms with Crippen molar-refractivity contribution in [3.05, 3.63) is 35.6 Å². The molecule has 2 N–H and O–H groups in total. The zero-order valence-electron chi connectivity index (χ0n) is 8.70. The Morgan fingerprint density at radius 3 is 2.33 bits per heavy atom. The molecule has 2 atom stereocenters. The van der Waals surface area contributed by atoms with Crippen LogP contribution in [0.1, 0.15) is 18.5 Å². The van der Waals surface area contributed by atoms with Gasteiger partial charge in [-0.2, -0.15) is 0 Å². The number of benzene rings is 1. The van der Waals surface area contributed by atoms with Crippen LogP contribution >= 0.6 is 0 Å². The number of carboxylic acids is 1. The average Bonchev–Trinajstić information content (AvgIpc) is 2.21. The second-order valence-electron chi connectivity index (χ2n) is 3.44. The molecular weight excluding hydrogens is 197 g/mol. The molecule has 1 rings (SSSR count). The predicted octanol–water partition coefficient (Wildman–Crippen LogP) is 1.81. The standard InChI is InChI=1S/C11H14FNO2/c1-7(11(14)15)10(13-2)8-3-5-9(12)6-4-8/h3-7,10,13H,1-2H3,(H,14,15). The summed E-state index contributed by atoms with van der Waals surface area (Å²) < 4.78 is 12.7. The number of hydrogen-bond donors (Lipinski definition) is 2. The molecule has 82 valence electrons. The van der Waals surface area contributed by atoms with Crippen molar-refractivity contribution in [2.24, 2.45) is 5.92 Å². The molecule has 0 saturated heterocycles. The van der Waals surface area contributed by atoms with Crippen molar-refractivity contribution in [3.8, 4) is 0 Å². The van der Waals surface area contributed by atoms with Crippen molar-refractivity contribution < 1.29 is 14.3 Å². The molecule has 15 heavy (non-hydrogen) atoms. The fraction of sp³-hybridized carbons (Fsp3) is 0.364. The van der Waals surface area contributed by atoms with Gasteiger partial charge in [0.25, 0.3) is 0 Å². The van der Waals surface area contributed by atoms with E-state index in [-0.39, 0.29) is 11.9 Å². The molecule has 0 aromatic heterocycles. The van der Waals surface area contributed by atoms with Gasteiger partial charge < -0.3 is 10.4 Å². The minimum atomic E-state index is -0.876. The Kier molecular flexibility index (Phi) is 3.80. The maximum absolute atomic E-state index is 12.7. The van der Waals surface area contributed by atoms with Gasteiger partial charge in [-0.25, -0.2) is 4.39 Å². The monoisotopic (exact) mass is 211 g/mol. The quantitative estimate of drug-likeness (QED) is 0.798. The van der Waals surface area contributed by atoms with E-state index < -0.39 is 11.9 Å². The molecule has 4 heteroatoms. The van der Waals surface area contributed by atoms with Gasteiger partial charge in [-0.1, -0.05) is 19.1 Å². The summed E-state index contributed by atoms with van der Waals surface area (Å²) in [5.41, 5.74) is 0.772. The van der Waals surface area contributed by atoms with Crippen LogP contribution in [-0.2, 0) is 4.79 Å². The summed E-state index contributed by atoms with van der Waals surface area (Å²) in [7, 11) is 1.69. The van der Waals surface area contributed by atoms with E-state index in [1.807, 2.05) is 0 Å². The Morgan fingerprint density at radius 2 is 1.93 bits per heavy atom. The summed E-state index contributed by atoms with van der Waals surface area (Å²) >= 11 is 0. The van der Waals surface area contributed by atoms with Crippen LogP contribution in [0, 0.1) is 11.7 Å². The topological polar surface area (TPSA) is 49.3 Å². The SMILES string of the molecule is CNC(c1ccc(F)cc1)C(C)C(=O)O. The Balaban J connectivity index is 2.92. The van der Waals surface area contributed by atoms with Gasteiger partial charge in [0, 0.05) is 6.04 Å². The molecule has 0 saturated carbocycles. The first-order chi connectivity index (χ1) is 7.06. The Morgan fingerprint density at radius 1 is 1.40 bits per heavy atom. The lowest BCUT2D eigenvalue weighted by Gasteiger charge is -2.20. The molecule has 0 aliphatic carbocycles. The molecule has 1 aromatic carbocycles. The van der Waals surface area contributed by atoms with Crippen LogP contribution < -0.4 is 5.32 Å². The Hall–Kier alpha value is -1.42. The number of carboxylic acid groups (broad SMARTS) is 1. The van der Waals surface area contributed by atoms with Crippen LogP contribution in [0.4, 0.5) is 4.39 Å². The Bertz CT molecular complexity index is 337. The minimum absolute atomic E-state index is 0.303. The van der Waals surface area contributed by atoms with E-state index >= 15 is 0 Å². The lowest BCUT2D eigenvalue weighted by atomic mass is 9.95. The number of carbonyl (C=O) groups is 1. The average molecular weight is 211 g/mol. The van der Waals surface area contributed by atoms with E-state index in [1.54, 1.807) is 26.1 Å². The van der Waals surface area contributed by atoms with Gasteiger partial charge in [0.15, 0.2) is 0 Å². The first-order valence-electron chi connectivity index (χ1n) is 4.71. The third kappa shape index (κ3) is 2.76. The van der Waals surface area contributed by atoms with Gasteiger partial charge in [0.1, 0.15) is 5.82 Å². The normalized spacial score (nSPS) is 14.6. The molecule has 0 fully saturated rings. The van der Waals surface area contributed by atoms with Crippen LogP contribution in [-0.4, -0.2) is 18.1 Å². The largest absolute Gasteiger partial charge is 0.481 e. The number of rotatable bonds is 4. The van der Waals surface area contributed by atoms with E-state index in [4.69, 9.17) is 5.11 Å². The summed E-state index contributed by atoms with van der Waals surface area (Å²) in [5.74, 6) is -1.75. The van der Waals surface area contributed by atoms with Gasteiger partial charge in [0.2, 0.25) is 0 Å². The maximum atomic E-state index is 12.7. The van der Waals surface area contributed by atoms with Gasteiger partial charge in [-0.3, -0.25) is 4.79 Å². The number of hydrogen-bond acceptors (Lipinski definition) is 2. The van der Waals surface area contributed by atoms with Crippen molar-refractivity contribution in [1.29, 1.82) is 0 Å². The van der Waals surface area contributed by atoms with Crippen LogP contribution in [0.15, 0.2) is 24.3 Å². The highest BCUT2D eigenvalue weighted by Gasteiger charge is 2.23. The smallest absolute Gasteiger partial charge is 0.308 e. The highest BCUT2D eigenvalue weighted by atomic mass is 19.1. The lowest BCUT2D eigenvalue weighted by molar-refractivity contribution is -0.142. The highest BCUT2D eigenvalue weighted by molar-refractivity contribution is 5.70. The van der Waals surface area contributed by atoms with Crippen molar-refractivity contribution in [1.82, 2.24) is 5.32 Å². The van der Waals surface area contributed by atoms with Gasteiger partial charge in [0.05, 0.1) is 5.92 Å². The van der Waals surface area contributed by atoms with E-state index in [9.17, 15) is 9.18 Å². The van der Waals surface area contributed by atoms with Crippen LogP contribution in [0.3, 0.4) is 0 Å². The lowest BCUT2D eigenvalue weighted by Crippen LogP contribution is -2.28. The van der Waals surface area contributed by atoms with Gasteiger partial charge in [-0.15, -0.1) is 0 Å². The summed E-state index contributed by atoms with van der Waals surface area (Å²) in [4.78, 5) is 10.8. The molecule has 0 aliphatic heterocycles. The summed E-state index contributed by atoms with van der Waals surface area (Å²) in [6.07, 6.45) is 0. The third-order valence-electron chi connectivity index (χ3n) is 2.43. The summed E-state index contributed by atoms with van der Waals surface area (Å²) in [6.45, 7) is 1.62. The van der Waals surface area contributed by atoms with E-state index in [0.29, 0.717) is 0 Å². The maximum Gasteiger partial charge on any atom is 0.308 e. The van der Waals surface area contributed by atoms with Gasteiger partial charge >= 0.3 is 5.97 Å². The fourth-order valence-electron chi connectivity index (χ4n) is 1.52. The predicted molar refractivity (Wildman–Crippen MR) is 55.0 cm³/mol.